The van der Waals surface area contributed by atoms with Crippen LogP contribution in [0.3, 0.4) is 0 Å². The Balaban J connectivity index is 3.07. The Morgan fingerprint density at radius 2 is 1.76 bits per heavy atom. The molecule has 1 rings (SSSR count). The summed E-state index contributed by atoms with van der Waals surface area (Å²) < 4.78 is 26.9. The number of anilines is 1. The number of sulfonamides is 1. The van der Waals surface area contributed by atoms with Crippen molar-refractivity contribution >= 4 is 44.8 Å². The normalized spacial score (nSPS) is 12.2. The van der Waals surface area contributed by atoms with Crippen LogP contribution in [0.5, 0.6) is 0 Å². The monoisotopic (exact) mass is 353 g/mol. The maximum atomic E-state index is 12.3. The predicted molar refractivity (Wildman–Crippen MR) is 83.9 cm³/mol. The molecule has 1 aromatic carbocycles. The standard InChI is InChI=1S/C12H17Cl2N3O3S/c1-12(2,11(18)16-3)6-17-21(19,20)10-8(13)4-7(15)5-9(10)14/h4-5,17H,6,15H2,1-3H3,(H,16,18). The van der Waals surface area contributed by atoms with Crippen LogP contribution in [0.25, 0.3) is 0 Å². The zero-order valence-electron chi connectivity index (χ0n) is 11.8. The molecule has 21 heavy (non-hydrogen) atoms. The molecule has 6 nitrogen and oxygen atoms in total. The number of hydrogen-bond donors (Lipinski definition) is 3. The molecule has 0 aliphatic rings. The Kier molecular flexibility index (Phi) is 5.49. The van der Waals surface area contributed by atoms with E-state index in [4.69, 9.17) is 28.9 Å². The molecule has 0 aliphatic heterocycles. The van der Waals surface area contributed by atoms with E-state index in [-0.39, 0.29) is 33.1 Å². The molecular formula is C12H17Cl2N3O3S. The van der Waals surface area contributed by atoms with E-state index in [2.05, 4.69) is 10.0 Å². The van der Waals surface area contributed by atoms with Gasteiger partial charge in [-0.25, -0.2) is 13.1 Å². The maximum absolute atomic E-state index is 12.3. The second-order valence-electron chi connectivity index (χ2n) is 5.10. The first-order valence-corrected chi connectivity index (χ1v) is 8.21. The molecule has 118 valence electrons. The molecule has 4 N–H and O–H groups in total. The van der Waals surface area contributed by atoms with Gasteiger partial charge in [0.05, 0.1) is 15.5 Å². The summed E-state index contributed by atoms with van der Waals surface area (Å²) in [7, 11) is -2.48. The largest absolute Gasteiger partial charge is 0.399 e. The number of carbonyl (C=O) groups excluding carboxylic acids is 1. The van der Waals surface area contributed by atoms with E-state index < -0.39 is 15.4 Å². The molecule has 0 heterocycles. The summed E-state index contributed by atoms with van der Waals surface area (Å²) in [6, 6.07) is 2.60. The third-order valence-corrected chi connectivity index (χ3v) is 5.16. The molecule has 9 heteroatoms. The van der Waals surface area contributed by atoms with E-state index in [0.29, 0.717) is 0 Å². The fraction of sp³-hybridized carbons (Fsp3) is 0.417. The van der Waals surface area contributed by atoms with E-state index in [1.54, 1.807) is 13.8 Å². The van der Waals surface area contributed by atoms with Gasteiger partial charge < -0.3 is 11.1 Å². The SMILES string of the molecule is CNC(=O)C(C)(C)CNS(=O)(=O)c1c(Cl)cc(N)cc1Cl. The van der Waals surface area contributed by atoms with E-state index in [9.17, 15) is 13.2 Å². The first-order chi connectivity index (χ1) is 9.51. The number of nitrogens with two attached hydrogens (primary N) is 1. The average Bonchev–Trinajstić information content (AvgIpc) is 2.34. The number of amides is 1. The molecule has 1 aromatic rings. The highest BCUT2D eigenvalue weighted by atomic mass is 35.5. The topological polar surface area (TPSA) is 101 Å². The zero-order chi connectivity index (χ0) is 16.4. The van der Waals surface area contributed by atoms with Crippen LogP contribution >= 0.6 is 23.2 Å². The molecule has 0 bridgehead atoms. The molecule has 0 fully saturated rings. The van der Waals surface area contributed by atoms with Gasteiger partial charge in [-0.1, -0.05) is 23.2 Å². The number of nitrogens with one attached hydrogen (secondary N) is 2. The van der Waals surface area contributed by atoms with Crippen LogP contribution in [0.1, 0.15) is 13.8 Å². The van der Waals surface area contributed by atoms with Crippen molar-refractivity contribution in [3.8, 4) is 0 Å². The molecule has 0 spiro atoms. The van der Waals surface area contributed by atoms with Crippen LogP contribution < -0.4 is 15.8 Å². The molecule has 1 amide bonds. The third-order valence-electron chi connectivity index (χ3n) is 2.84. The van der Waals surface area contributed by atoms with Gasteiger partial charge in [0.25, 0.3) is 0 Å². The van der Waals surface area contributed by atoms with Gasteiger partial charge in [-0.2, -0.15) is 0 Å². The quantitative estimate of drug-likeness (QED) is 0.700. The summed E-state index contributed by atoms with van der Waals surface area (Å²) in [5.41, 5.74) is 4.87. The summed E-state index contributed by atoms with van der Waals surface area (Å²) in [5, 5.41) is 2.31. The summed E-state index contributed by atoms with van der Waals surface area (Å²) in [6.45, 7) is 3.12. The van der Waals surface area contributed by atoms with Crippen LogP contribution in [0.2, 0.25) is 10.0 Å². The fourth-order valence-electron chi connectivity index (χ4n) is 1.60. The van der Waals surface area contributed by atoms with Crippen molar-refractivity contribution in [1.82, 2.24) is 10.0 Å². The number of nitrogen functional groups attached to an aromatic ring is 1. The Morgan fingerprint density at radius 3 is 2.19 bits per heavy atom. The van der Waals surface area contributed by atoms with Gasteiger partial charge in [-0.05, 0) is 26.0 Å². The summed E-state index contributed by atoms with van der Waals surface area (Å²) in [6.07, 6.45) is 0. The van der Waals surface area contributed by atoms with Gasteiger partial charge in [-0.15, -0.1) is 0 Å². The molecule has 0 aliphatic carbocycles. The van der Waals surface area contributed by atoms with Gasteiger partial charge in [0.15, 0.2) is 0 Å². The van der Waals surface area contributed by atoms with Crippen molar-refractivity contribution in [3.05, 3.63) is 22.2 Å². The smallest absolute Gasteiger partial charge is 0.243 e. The van der Waals surface area contributed by atoms with Crippen molar-refractivity contribution in [3.63, 3.8) is 0 Å². The van der Waals surface area contributed by atoms with Gasteiger partial charge in [0.2, 0.25) is 15.9 Å². The molecule has 0 atom stereocenters. The Bertz CT molecular complexity index is 637. The average molecular weight is 354 g/mol. The lowest BCUT2D eigenvalue weighted by Crippen LogP contribution is -2.43. The maximum Gasteiger partial charge on any atom is 0.243 e. The molecule has 0 radical (unpaired) electrons. The minimum absolute atomic E-state index is 0.0785. The Morgan fingerprint density at radius 1 is 1.29 bits per heavy atom. The van der Waals surface area contributed by atoms with Crippen LogP contribution in [0.4, 0.5) is 5.69 Å². The Hall–Kier alpha value is -1.02. The number of carbonyl (C=O) groups is 1. The lowest BCUT2D eigenvalue weighted by Gasteiger charge is -2.23. The molecule has 0 saturated carbocycles. The first-order valence-electron chi connectivity index (χ1n) is 5.97. The number of halogens is 2. The van der Waals surface area contributed by atoms with Gasteiger partial charge in [-0.3, -0.25) is 4.79 Å². The van der Waals surface area contributed by atoms with Gasteiger partial charge in [0, 0.05) is 19.3 Å². The predicted octanol–water partition coefficient (Wildman–Crippen LogP) is 1.63. The van der Waals surface area contributed by atoms with Crippen LogP contribution in [0, 0.1) is 5.41 Å². The van der Waals surface area contributed by atoms with E-state index in [1.165, 1.54) is 19.2 Å². The molecule has 0 saturated heterocycles. The summed E-state index contributed by atoms with van der Waals surface area (Å²) in [4.78, 5) is 11.4. The highest BCUT2D eigenvalue weighted by Gasteiger charge is 2.30. The van der Waals surface area contributed by atoms with Crippen LogP contribution in [-0.4, -0.2) is 27.9 Å². The second-order valence-corrected chi connectivity index (χ2v) is 7.62. The van der Waals surface area contributed by atoms with E-state index in [0.717, 1.165) is 0 Å². The van der Waals surface area contributed by atoms with Crippen LogP contribution in [-0.2, 0) is 14.8 Å². The number of hydrogen-bond acceptors (Lipinski definition) is 4. The van der Waals surface area contributed by atoms with Crippen molar-refractivity contribution in [2.45, 2.75) is 18.7 Å². The van der Waals surface area contributed by atoms with Crippen molar-refractivity contribution < 1.29 is 13.2 Å². The minimum atomic E-state index is -3.96. The lowest BCUT2D eigenvalue weighted by atomic mass is 9.93. The first kappa shape index (κ1) is 18.0. The Labute approximate surface area is 134 Å². The molecule has 0 unspecified atom stereocenters. The van der Waals surface area contributed by atoms with E-state index >= 15 is 0 Å². The second kappa shape index (κ2) is 6.39. The number of rotatable bonds is 5. The zero-order valence-corrected chi connectivity index (χ0v) is 14.2. The van der Waals surface area contributed by atoms with Crippen molar-refractivity contribution in [2.24, 2.45) is 5.41 Å². The summed E-state index contributed by atoms with van der Waals surface area (Å²) in [5.74, 6) is -0.292. The fourth-order valence-corrected chi connectivity index (χ4v) is 4.04. The molecular weight excluding hydrogens is 337 g/mol. The molecule has 0 aromatic heterocycles. The van der Waals surface area contributed by atoms with Crippen molar-refractivity contribution in [2.75, 3.05) is 19.3 Å². The third kappa shape index (κ3) is 4.23. The lowest BCUT2D eigenvalue weighted by molar-refractivity contribution is -0.128. The van der Waals surface area contributed by atoms with Crippen LogP contribution in [0.15, 0.2) is 17.0 Å². The summed E-state index contributed by atoms with van der Waals surface area (Å²) >= 11 is 11.8. The van der Waals surface area contributed by atoms with Crippen molar-refractivity contribution in [1.29, 1.82) is 0 Å². The number of benzene rings is 1. The highest BCUT2D eigenvalue weighted by Crippen LogP contribution is 2.32. The highest BCUT2D eigenvalue weighted by molar-refractivity contribution is 7.89. The van der Waals surface area contributed by atoms with Gasteiger partial charge in [0.1, 0.15) is 4.90 Å². The minimum Gasteiger partial charge on any atom is -0.399 e. The van der Waals surface area contributed by atoms with E-state index in [1.807, 2.05) is 0 Å². The van der Waals surface area contributed by atoms with Gasteiger partial charge >= 0.3 is 0 Å².